The number of pyridine rings is 1. The second kappa shape index (κ2) is 16.5. The highest BCUT2D eigenvalue weighted by Gasteiger charge is 2.39. The molecule has 2 heterocycles. The van der Waals surface area contributed by atoms with E-state index in [9.17, 15) is 5.11 Å². The number of hydrogen-bond donors (Lipinski definition) is 1. The molecule has 1 aliphatic carbocycles. The van der Waals surface area contributed by atoms with Gasteiger partial charge in [0, 0.05) is 39.3 Å². The van der Waals surface area contributed by atoms with Crippen molar-refractivity contribution in [2.24, 2.45) is 0 Å². The first kappa shape index (κ1) is 46.7. The summed E-state index contributed by atoms with van der Waals surface area (Å²) in [6.45, 7) is 29.4. The van der Waals surface area contributed by atoms with Crippen molar-refractivity contribution in [3.63, 3.8) is 0 Å². The third-order valence-corrected chi connectivity index (χ3v) is 15.1. The molecule has 0 saturated heterocycles. The van der Waals surface area contributed by atoms with Crippen molar-refractivity contribution in [2.45, 2.75) is 117 Å². The predicted molar refractivity (Wildman–Crippen MR) is 295 cm³/mol. The lowest BCUT2D eigenvalue weighted by atomic mass is 9.75. The first-order valence-electron chi connectivity index (χ1n) is 25.0. The summed E-state index contributed by atoms with van der Waals surface area (Å²) in [6, 6.07) is 57.4. The van der Waals surface area contributed by atoms with E-state index in [1.54, 1.807) is 0 Å². The third kappa shape index (κ3) is 7.86. The van der Waals surface area contributed by atoms with Gasteiger partial charge >= 0.3 is 0 Å². The van der Waals surface area contributed by atoms with Crippen molar-refractivity contribution in [1.29, 1.82) is 0 Å². The Kier molecular flexibility index (Phi) is 11.0. The highest BCUT2D eigenvalue weighted by molar-refractivity contribution is 5.98. The zero-order valence-corrected chi connectivity index (χ0v) is 43.4. The minimum absolute atomic E-state index is 0.0854. The molecule has 0 bridgehead atoms. The monoisotopic (exact) mass is 918 g/mol. The van der Waals surface area contributed by atoms with Crippen LogP contribution in [0.5, 0.6) is 5.75 Å². The lowest BCUT2D eigenvalue weighted by Crippen LogP contribution is -2.19. The molecule has 0 aliphatic heterocycles. The van der Waals surface area contributed by atoms with Gasteiger partial charge in [-0.3, -0.25) is 9.55 Å². The third-order valence-electron chi connectivity index (χ3n) is 15.1. The summed E-state index contributed by atoms with van der Waals surface area (Å²) in [4.78, 5) is 11.1. The normalized spacial score (nSPS) is 13.7. The van der Waals surface area contributed by atoms with Crippen LogP contribution < -0.4 is 0 Å². The van der Waals surface area contributed by atoms with Crippen LogP contribution in [0.3, 0.4) is 0 Å². The lowest BCUT2D eigenvalue weighted by molar-refractivity contribution is 0.446. The predicted octanol–water partition coefficient (Wildman–Crippen LogP) is 17.3. The van der Waals surface area contributed by atoms with Crippen LogP contribution in [0.15, 0.2) is 164 Å². The number of phenols is 1. The van der Waals surface area contributed by atoms with Gasteiger partial charge in [0.1, 0.15) is 11.6 Å². The Bertz CT molecular complexity index is 3480. The summed E-state index contributed by atoms with van der Waals surface area (Å²) in [7, 11) is 0. The Morgan fingerprint density at radius 1 is 0.471 bits per heavy atom. The summed E-state index contributed by atoms with van der Waals surface area (Å²) in [5.41, 5.74) is 19.4. The van der Waals surface area contributed by atoms with E-state index in [0.717, 1.165) is 61.4 Å². The Morgan fingerprint density at radius 3 is 1.79 bits per heavy atom. The van der Waals surface area contributed by atoms with Crippen LogP contribution in [0.1, 0.15) is 129 Å². The first-order valence-corrected chi connectivity index (χ1v) is 25.0. The Labute approximate surface area is 416 Å². The highest BCUT2D eigenvalue weighted by atomic mass is 16.3. The number of para-hydroxylation sites is 1. The number of nitrogens with zero attached hydrogens (tertiary/aromatic N) is 3. The number of phenolic OH excluding ortho intramolecular Hbond substituents is 1. The van der Waals surface area contributed by atoms with Gasteiger partial charge in [0.2, 0.25) is 0 Å². The van der Waals surface area contributed by atoms with Crippen LogP contribution in [0, 0.1) is 0 Å². The average molecular weight is 918 g/mol. The zero-order valence-electron chi connectivity index (χ0n) is 43.4. The van der Waals surface area contributed by atoms with Crippen molar-refractivity contribution >= 4 is 11.0 Å². The molecule has 2 aromatic heterocycles. The van der Waals surface area contributed by atoms with E-state index in [1.165, 1.54) is 38.9 Å². The molecule has 7 aromatic carbocycles. The van der Waals surface area contributed by atoms with Crippen LogP contribution in [0.25, 0.3) is 72.7 Å². The van der Waals surface area contributed by atoms with Crippen molar-refractivity contribution in [1.82, 2.24) is 14.5 Å². The SMILES string of the molecule is CC(C)(C)c1ccc(-n2c(-c3cc(C(C)(C)C)cc(C(C)(C)C)c3O)nc3c(-c4cc(-c5nccc6c5C(C)(C)c5ccccc5-6)cc(C(C)(C)c5ccccc5)c4)cccc32)c(-c2ccccc2)c1. The molecule has 10 rings (SSSR count). The number of imidazole rings is 1. The average Bonchev–Trinajstić information content (AvgIpc) is 3.83. The number of hydrogen-bond acceptors (Lipinski definition) is 3. The Balaban J connectivity index is 1.31. The topological polar surface area (TPSA) is 50.9 Å². The molecule has 0 fully saturated rings. The van der Waals surface area contributed by atoms with Crippen LogP contribution in [-0.4, -0.2) is 19.6 Å². The molecule has 70 heavy (non-hydrogen) atoms. The summed E-state index contributed by atoms with van der Waals surface area (Å²) in [6.07, 6.45) is 1.98. The van der Waals surface area contributed by atoms with Crippen molar-refractivity contribution in [3.05, 3.63) is 203 Å². The molecule has 0 saturated carbocycles. The summed E-state index contributed by atoms with van der Waals surface area (Å²) >= 11 is 0. The number of benzene rings is 7. The van der Waals surface area contributed by atoms with E-state index >= 15 is 0 Å². The van der Waals surface area contributed by atoms with Gasteiger partial charge < -0.3 is 5.11 Å². The molecule has 352 valence electrons. The van der Waals surface area contributed by atoms with E-state index in [4.69, 9.17) is 9.97 Å². The van der Waals surface area contributed by atoms with Gasteiger partial charge in [-0.05, 0) is 114 Å². The van der Waals surface area contributed by atoms with E-state index < -0.39 is 0 Å². The standard InChI is InChI=1S/C66H67N3O/c1-62(2,3)45-31-32-55(51(38-45)41-23-16-14-17-24-41)69-56-30-22-28-48(59(56)68-61(69)52-39-46(63(4,5)6)40-54(60(52)70)64(7,8)9)42-35-43(37-47(36-42)65(10,11)44-25-18-15-19-26-44)58-57-50(33-34-67-58)49-27-20-21-29-53(49)66(57,12)13/h14-40,70H,1-13H3. The van der Waals surface area contributed by atoms with Crippen LogP contribution in [0.2, 0.25) is 0 Å². The van der Waals surface area contributed by atoms with Crippen molar-refractivity contribution in [3.8, 4) is 67.5 Å². The molecule has 9 aromatic rings. The molecule has 4 nitrogen and oxygen atoms in total. The Hall–Kier alpha value is -7.04. The molecular weight excluding hydrogens is 851 g/mol. The molecule has 0 unspecified atom stereocenters. The molecule has 0 radical (unpaired) electrons. The number of rotatable bonds is 7. The van der Waals surface area contributed by atoms with Gasteiger partial charge in [-0.2, -0.15) is 0 Å². The van der Waals surface area contributed by atoms with Crippen LogP contribution >= 0.6 is 0 Å². The second-order valence-electron chi connectivity index (χ2n) is 23.8. The molecule has 0 spiro atoms. The number of aromatic hydroxyl groups is 1. The maximum Gasteiger partial charge on any atom is 0.149 e. The second-order valence-corrected chi connectivity index (χ2v) is 23.8. The van der Waals surface area contributed by atoms with Crippen molar-refractivity contribution < 1.29 is 5.11 Å². The maximum absolute atomic E-state index is 12.7. The summed E-state index contributed by atoms with van der Waals surface area (Å²) in [5.74, 6) is 0.952. The fraction of sp³-hybridized carbons (Fsp3) is 0.273. The molecule has 1 aliphatic rings. The molecular formula is C66H67N3O. The number of fused-ring (bicyclic) bond motifs is 4. The summed E-state index contributed by atoms with van der Waals surface area (Å²) in [5, 5.41) is 12.7. The quantitative estimate of drug-likeness (QED) is 0.173. The molecule has 0 atom stereocenters. The smallest absolute Gasteiger partial charge is 0.149 e. The van der Waals surface area contributed by atoms with Gasteiger partial charge in [0.05, 0.1) is 28.0 Å². The van der Waals surface area contributed by atoms with Crippen LogP contribution in [0.4, 0.5) is 0 Å². The first-order chi connectivity index (χ1) is 33.0. The van der Waals surface area contributed by atoms with E-state index in [1.807, 2.05) is 6.20 Å². The van der Waals surface area contributed by atoms with E-state index in [2.05, 4.69) is 252 Å². The van der Waals surface area contributed by atoms with Gasteiger partial charge in [0.25, 0.3) is 0 Å². The summed E-state index contributed by atoms with van der Waals surface area (Å²) < 4.78 is 2.31. The van der Waals surface area contributed by atoms with Gasteiger partial charge in [-0.25, -0.2) is 4.98 Å². The van der Waals surface area contributed by atoms with Gasteiger partial charge in [-0.15, -0.1) is 0 Å². The van der Waals surface area contributed by atoms with E-state index in [-0.39, 0.29) is 32.8 Å². The lowest BCUT2D eigenvalue weighted by Gasteiger charge is -2.28. The molecule has 0 amide bonds. The minimum atomic E-state index is -0.358. The van der Waals surface area contributed by atoms with Crippen molar-refractivity contribution in [2.75, 3.05) is 0 Å². The van der Waals surface area contributed by atoms with Crippen LogP contribution in [-0.2, 0) is 27.1 Å². The van der Waals surface area contributed by atoms with Gasteiger partial charge in [0.15, 0.2) is 0 Å². The zero-order chi connectivity index (χ0) is 49.7. The number of aromatic nitrogens is 3. The van der Waals surface area contributed by atoms with Gasteiger partial charge in [-0.1, -0.05) is 205 Å². The van der Waals surface area contributed by atoms with E-state index in [0.29, 0.717) is 11.4 Å². The Morgan fingerprint density at radius 2 is 1.10 bits per heavy atom. The highest BCUT2D eigenvalue weighted by Crippen LogP contribution is 2.53. The maximum atomic E-state index is 12.7. The largest absolute Gasteiger partial charge is 0.507 e. The molecule has 4 heteroatoms. The fourth-order valence-corrected chi connectivity index (χ4v) is 10.9. The molecule has 1 N–H and O–H groups in total. The fourth-order valence-electron chi connectivity index (χ4n) is 10.9. The minimum Gasteiger partial charge on any atom is -0.507 e.